The molecule has 0 saturated heterocycles. The molecule has 0 saturated carbocycles. The van der Waals surface area contributed by atoms with E-state index in [0.717, 1.165) is 10.7 Å². The fourth-order valence-corrected chi connectivity index (χ4v) is 4.76. The largest absolute Gasteiger partial charge is 0.490 e. The van der Waals surface area contributed by atoms with Gasteiger partial charge in [0.2, 0.25) is 0 Å². The molecule has 0 aliphatic carbocycles. The normalized spacial score (nSPS) is 11.3. The summed E-state index contributed by atoms with van der Waals surface area (Å²) in [5.74, 6) is 0.586. The maximum atomic E-state index is 13.3. The molecule has 0 unspecified atom stereocenters. The summed E-state index contributed by atoms with van der Waals surface area (Å²) in [6.45, 7) is 4.45. The quantitative estimate of drug-likeness (QED) is 0.266. The van der Waals surface area contributed by atoms with E-state index in [0.29, 0.717) is 41.0 Å². The van der Waals surface area contributed by atoms with Crippen LogP contribution in [0.5, 0.6) is 11.5 Å². The van der Waals surface area contributed by atoms with Gasteiger partial charge in [0.15, 0.2) is 11.5 Å². The van der Waals surface area contributed by atoms with Gasteiger partial charge in [-0.3, -0.25) is 9.10 Å². The molecule has 0 aliphatic rings. The molecule has 8 nitrogen and oxygen atoms in total. The summed E-state index contributed by atoms with van der Waals surface area (Å²) in [6.07, 6.45) is 2.32. The second kappa shape index (κ2) is 12.9. The minimum atomic E-state index is -4.02. The summed E-state index contributed by atoms with van der Waals surface area (Å²) in [7, 11) is -4.02. The Balaban J connectivity index is 1.76. The number of benzene rings is 3. The summed E-state index contributed by atoms with van der Waals surface area (Å²) in [4.78, 5) is 12.8. The highest BCUT2D eigenvalue weighted by atomic mass is 35.5. The van der Waals surface area contributed by atoms with Crippen LogP contribution in [0.3, 0.4) is 0 Å². The Labute approximate surface area is 216 Å². The molecule has 0 aliphatic heterocycles. The zero-order valence-electron chi connectivity index (χ0n) is 20.1. The van der Waals surface area contributed by atoms with E-state index < -0.39 is 22.5 Å². The maximum Gasteiger partial charge on any atom is 0.264 e. The molecule has 0 bridgehead atoms. The van der Waals surface area contributed by atoms with Gasteiger partial charge < -0.3 is 9.47 Å². The lowest BCUT2D eigenvalue weighted by Crippen LogP contribution is -2.39. The molecule has 1 amide bonds. The maximum absolute atomic E-state index is 13.3. The zero-order chi connectivity index (χ0) is 26.0. The van der Waals surface area contributed by atoms with Crippen LogP contribution in [0.15, 0.2) is 82.8 Å². The average Bonchev–Trinajstić information content (AvgIpc) is 2.88. The van der Waals surface area contributed by atoms with Gasteiger partial charge in [0, 0.05) is 5.02 Å². The Morgan fingerprint density at radius 1 is 1.00 bits per heavy atom. The van der Waals surface area contributed by atoms with Crippen molar-refractivity contribution in [3.63, 3.8) is 0 Å². The molecule has 3 aromatic carbocycles. The molecule has 0 heterocycles. The van der Waals surface area contributed by atoms with Crippen LogP contribution in [-0.4, -0.2) is 40.3 Å². The van der Waals surface area contributed by atoms with Crippen LogP contribution in [-0.2, 0) is 14.8 Å². The molecule has 0 fully saturated rings. The summed E-state index contributed by atoms with van der Waals surface area (Å²) in [5, 5.41) is 4.43. The topological polar surface area (TPSA) is 97.3 Å². The number of halogens is 1. The molecule has 190 valence electrons. The van der Waals surface area contributed by atoms with Crippen molar-refractivity contribution in [1.29, 1.82) is 0 Å². The van der Waals surface area contributed by atoms with E-state index in [1.54, 1.807) is 48.5 Å². The third kappa shape index (κ3) is 7.22. The predicted octanol–water partition coefficient (Wildman–Crippen LogP) is 4.87. The van der Waals surface area contributed by atoms with Gasteiger partial charge in [0.05, 0.1) is 30.0 Å². The van der Waals surface area contributed by atoms with E-state index in [9.17, 15) is 13.2 Å². The first kappa shape index (κ1) is 27.0. The Morgan fingerprint density at radius 2 is 1.72 bits per heavy atom. The van der Waals surface area contributed by atoms with Crippen molar-refractivity contribution in [2.24, 2.45) is 5.10 Å². The second-order valence-electron chi connectivity index (χ2n) is 7.58. The van der Waals surface area contributed by atoms with E-state index in [4.69, 9.17) is 21.1 Å². The average molecular weight is 530 g/mol. The predicted molar refractivity (Wildman–Crippen MR) is 142 cm³/mol. The summed E-state index contributed by atoms with van der Waals surface area (Å²) in [6, 6.07) is 19.4. The highest BCUT2D eigenvalue weighted by Crippen LogP contribution is 2.28. The van der Waals surface area contributed by atoms with Gasteiger partial charge in [-0.05, 0) is 73.5 Å². The highest BCUT2D eigenvalue weighted by molar-refractivity contribution is 7.92. The van der Waals surface area contributed by atoms with Crippen LogP contribution in [0, 0.1) is 0 Å². The number of carbonyl (C=O) groups excluding carboxylic acids is 1. The summed E-state index contributed by atoms with van der Waals surface area (Å²) in [5.41, 5.74) is 3.37. The lowest BCUT2D eigenvalue weighted by molar-refractivity contribution is -0.119. The number of rotatable bonds is 12. The molecule has 3 aromatic rings. The Morgan fingerprint density at radius 3 is 2.39 bits per heavy atom. The van der Waals surface area contributed by atoms with Crippen LogP contribution in [0.25, 0.3) is 0 Å². The highest BCUT2D eigenvalue weighted by Gasteiger charge is 2.27. The number of nitrogens with one attached hydrogen (secondary N) is 1. The minimum Gasteiger partial charge on any atom is -0.490 e. The van der Waals surface area contributed by atoms with Crippen molar-refractivity contribution in [2.45, 2.75) is 25.2 Å². The fraction of sp³-hybridized carbons (Fsp3) is 0.231. The monoisotopic (exact) mass is 529 g/mol. The van der Waals surface area contributed by atoms with Gasteiger partial charge in [-0.25, -0.2) is 13.8 Å². The molecule has 36 heavy (non-hydrogen) atoms. The third-order valence-corrected chi connectivity index (χ3v) is 6.91. The van der Waals surface area contributed by atoms with E-state index in [1.165, 1.54) is 30.5 Å². The van der Waals surface area contributed by atoms with Crippen LogP contribution in [0.1, 0.15) is 25.8 Å². The number of ether oxygens (including phenoxy) is 2. The first-order chi connectivity index (χ1) is 17.3. The minimum absolute atomic E-state index is 0.0603. The van der Waals surface area contributed by atoms with Gasteiger partial charge >= 0.3 is 0 Å². The van der Waals surface area contributed by atoms with E-state index in [-0.39, 0.29) is 4.90 Å². The molecule has 0 radical (unpaired) electrons. The number of hydrogen-bond donors (Lipinski definition) is 1. The Bertz CT molecular complexity index is 1280. The van der Waals surface area contributed by atoms with Crippen molar-refractivity contribution >= 4 is 39.4 Å². The van der Waals surface area contributed by atoms with Gasteiger partial charge in [0.25, 0.3) is 15.9 Å². The van der Waals surface area contributed by atoms with Crippen molar-refractivity contribution in [2.75, 3.05) is 24.1 Å². The van der Waals surface area contributed by atoms with Crippen molar-refractivity contribution in [3.05, 3.63) is 83.4 Å². The molecule has 10 heteroatoms. The van der Waals surface area contributed by atoms with Crippen LogP contribution in [0.4, 0.5) is 5.69 Å². The number of hydrazone groups is 1. The lowest BCUT2D eigenvalue weighted by Gasteiger charge is -2.23. The fourth-order valence-electron chi connectivity index (χ4n) is 3.19. The number of anilines is 1. The molecule has 1 N–H and O–H groups in total. The van der Waals surface area contributed by atoms with Crippen LogP contribution in [0.2, 0.25) is 5.02 Å². The molecule has 0 aromatic heterocycles. The van der Waals surface area contributed by atoms with Crippen LogP contribution < -0.4 is 19.2 Å². The standard InChI is InChI=1S/C26H28ClN3O5S/c1-3-16-35-24-15-10-20(17-25(24)34-4-2)18-28-29-26(31)19-30(22-13-11-21(27)12-14-22)36(32,33)23-8-6-5-7-9-23/h5-15,17-18H,3-4,16,19H2,1-2H3,(H,29,31)/b28-18-. The van der Waals surface area contributed by atoms with Crippen LogP contribution >= 0.6 is 11.6 Å². The smallest absolute Gasteiger partial charge is 0.264 e. The number of sulfonamides is 1. The van der Waals surface area contributed by atoms with E-state index >= 15 is 0 Å². The summed E-state index contributed by atoms with van der Waals surface area (Å²) < 4.78 is 38.9. The first-order valence-corrected chi connectivity index (χ1v) is 13.2. The molecule has 0 atom stereocenters. The number of hydrogen-bond acceptors (Lipinski definition) is 6. The SMILES string of the molecule is CCCOc1ccc(/C=N\NC(=O)CN(c2ccc(Cl)cc2)S(=O)(=O)c2ccccc2)cc1OCC. The molecule has 3 rings (SSSR count). The first-order valence-electron chi connectivity index (χ1n) is 11.4. The third-order valence-electron chi connectivity index (χ3n) is 4.87. The van der Waals surface area contributed by atoms with Gasteiger partial charge in [0.1, 0.15) is 6.54 Å². The van der Waals surface area contributed by atoms with Crippen molar-refractivity contribution in [3.8, 4) is 11.5 Å². The van der Waals surface area contributed by atoms with Gasteiger partial charge in [-0.2, -0.15) is 5.10 Å². The Kier molecular flexibility index (Phi) is 9.72. The second-order valence-corrected chi connectivity index (χ2v) is 9.88. The molecule has 0 spiro atoms. The van der Waals surface area contributed by atoms with E-state index in [2.05, 4.69) is 10.5 Å². The zero-order valence-corrected chi connectivity index (χ0v) is 21.6. The van der Waals surface area contributed by atoms with Gasteiger partial charge in [-0.1, -0.05) is 36.7 Å². The molecular weight excluding hydrogens is 502 g/mol. The Hall–Kier alpha value is -3.56. The van der Waals surface area contributed by atoms with Crippen molar-refractivity contribution < 1.29 is 22.7 Å². The number of carbonyl (C=O) groups is 1. The number of nitrogens with zero attached hydrogens (tertiary/aromatic N) is 2. The van der Waals surface area contributed by atoms with E-state index in [1.807, 2.05) is 13.8 Å². The summed E-state index contributed by atoms with van der Waals surface area (Å²) >= 11 is 5.96. The van der Waals surface area contributed by atoms with Crippen molar-refractivity contribution in [1.82, 2.24) is 5.43 Å². The number of amides is 1. The van der Waals surface area contributed by atoms with Gasteiger partial charge in [-0.15, -0.1) is 0 Å². The molecular formula is C26H28ClN3O5S. The lowest BCUT2D eigenvalue weighted by atomic mass is 10.2.